The van der Waals surface area contributed by atoms with Gasteiger partial charge in [0.1, 0.15) is 18.0 Å². The number of aromatic hydroxyl groups is 1. The number of amides is 4. The van der Waals surface area contributed by atoms with Gasteiger partial charge in [-0.25, -0.2) is 9.59 Å². The second-order valence-corrected chi connectivity index (χ2v) is 16.3. The highest BCUT2D eigenvalue weighted by Gasteiger charge is 2.33. The van der Waals surface area contributed by atoms with E-state index in [0.717, 1.165) is 0 Å². The first kappa shape index (κ1) is 44.6. The Balaban J connectivity index is 2.04. The Kier molecular flexibility index (Phi) is 18.0. The maximum atomic E-state index is 14.7. The van der Waals surface area contributed by atoms with Gasteiger partial charge in [-0.3, -0.25) is 24.2 Å². The van der Waals surface area contributed by atoms with Crippen LogP contribution in [-0.4, -0.2) is 77.4 Å². The molecule has 342 valence electrons. The third-order valence-electron chi connectivity index (χ3n) is 9.82. The summed E-state index contributed by atoms with van der Waals surface area (Å²) in [5.41, 5.74) is 18.9. The van der Waals surface area contributed by atoms with Crippen molar-refractivity contribution in [2.24, 2.45) is 34.0 Å². The van der Waals surface area contributed by atoms with Crippen LogP contribution in [0.5, 0.6) is 5.75 Å². The summed E-state index contributed by atoms with van der Waals surface area (Å²) in [5.74, 6) is -5.87. The second-order valence-electron chi connectivity index (χ2n) is 16.3. The zero-order valence-electron chi connectivity index (χ0n) is 40.7. The molecular weight excluding hydrogens is 807 g/mol. The van der Waals surface area contributed by atoms with Gasteiger partial charge in [0.2, 0.25) is 11.8 Å². The molecule has 0 aliphatic heterocycles. The lowest BCUT2D eigenvalue weighted by atomic mass is 9.86. The number of benzene rings is 3. The average molecular weight is 876 g/mol. The Labute approximate surface area is 375 Å². The van der Waals surface area contributed by atoms with Gasteiger partial charge in [-0.15, -0.1) is 0 Å². The molecule has 0 heterocycles. The van der Waals surface area contributed by atoms with Crippen LogP contribution >= 0.6 is 0 Å². The maximum Gasteiger partial charge on any atom is 0.408 e. The number of guanidine groups is 1. The summed E-state index contributed by atoms with van der Waals surface area (Å²) < 4.78 is 45.8. The minimum absolute atomic E-state index is 0.0192. The maximum absolute atomic E-state index is 14.7. The molecule has 4 amide bonds. The van der Waals surface area contributed by atoms with E-state index in [1.165, 1.54) is 12.1 Å². The smallest absolute Gasteiger partial charge is 0.408 e. The number of ketones is 2. The molecule has 0 saturated carbocycles. The van der Waals surface area contributed by atoms with Crippen molar-refractivity contribution in [1.82, 2.24) is 16.0 Å². The summed E-state index contributed by atoms with van der Waals surface area (Å²) in [6.45, 7) is 7.28. The number of nitrogens with two attached hydrogens (primary N) is 3. The molecule has 0 spiro atoms. The zero-order valence-corrected chi connectivity index (χ0v) is 36.7. The number of aliphatic imine (C=N–C) groups is 1. The standard InChI is InChI=1S/C47H65N7O9/c1-30-23-36(55)24-31(2)37(30)26-35(28-41(57)39(20-14-22-51-44(49)50)54-46(61)62-29-33-17-10-7-11-18-33)43(59)53-38(19-12-13-21-52-45(60)63-47(3,4)5)40(56)27-34(42(48)58)25-32-15-8-6-9-16-32/h6-11,15-18,23-24,34-35,38-39,55H,12-14,19-22,25-29H2,1-5H3,(H2,48,58)(H,52,60)(H,53,59)(H,54,61)(H4,49,50,51)/t34-,35-,38+,39-/m1/s1/i12D2,13D2. The SMILES string of the molecule is [2H]C([2H])(CNC(=O)OC(C)(C)C)C([2H])([2H])C[C@H](NC(=O)[C@@H](CC(=O)[C@@H](CCCN=C(N)N)NC(=O)OCc1ccccc1)Cc1c(C)cc(O)cc1C)C(=O)C[C@@H](Cc1ccccc1)C(N)=O. The van der Waals surface area contributed by atoms with Crippen molar-refractivity contribution in [1.29, 1.82) is 0 Å². The minimum Gasteiger partial charge on any atom is -0.508 e. The Hall–Kier alpha value is -6.45. The highest BCUT2D eigenvalue weighted by atomic mass is 16.6. The van der Waals surface area contributed by atoms with E-state index < -0.39 is 104 Å². The molecule has 3 rings (SSSR count). The van der Waals surface area contributed by atoms with Gasteiger partial charge in [-0.1, -0.05) is 60.7 Å². The van der Waals surface area contributed by atoms with Gasteiger partial charge >= 0.3 is 12.2 Å². The number of nitrogens with zero attached hydrogens (tertiary/aromatic N) is 1. The van der Waals surface area contributed by atoms with E-state index in [0.29, 0.717) is 27.8 Å². The number of primary amides is 1. The van der Waals surface area contributed by atoms with E-state index in [-0.39, 0.29) is 50.5 Å². The number of phenols is 1. The van der Waals surface area contributed by atoms with Crippen LogP contribution in [0.3, 0.4) is 0 Å². The molecular formula is C47H65N7O9. The summed E-state index contributed by atoms with van der Waals surface area (Å²) in [5, 5.41) is 17.7. The van der Waals surface area contributed by atoms with E-state index in [2.05, 4.69) is 20.9 Å². The summed E-state index contributed by atoms with van der Waals surface area (Å²) in [6.07, 6.45) is -9.68. The number of Topliss-reactive ketones (excluding diaryl/α,β-unsaturated/α-hetero) is 2. The van der Waals surface area contributed by atoms with Crippen molar-refractivity contribution in [3.8, 4) is 5.75 Å². The van der Waals surface area contributed by atoms with Gasteiger partial charge in [0.25, 0.3) is 0 Å². The topological polar surface area (TPSA) is 268 Å². The first-order chi connectivity index (χ1) is 31.3. The third-order valence-corrected chi connectivity index (χ3v) is 9.82. The molecule has 0 aliphatic rings. The number of nitrogens with one attached hydrogen (secondary N) is 3. The van der Waals surface area contributed by atoms with Gasteiger partial charge in [0.05, 0.1) is 12.1 Å². The highest BCUT2D eigenvalue weighted by Crippen LogP contribution is 2.26. The number of alkyl carbamates (subject to hydrolysis) is 2. The number of carbonyl (C=O) groups is 6. The third kappa shape index (κ3) is 19.4. The van der Waals surface area contributed by atoms with Crippen LogP contribution in [0.25, 0.3) is 0 Å². The second kappa shape index (κ2) is 25.5. The largest absolute Gasteiger partial charge is 0.508 e. The molecule has 0 saturated heterocycles. The number of carbonyl (C=O) groups excluding carboxylic acids is 6. The predicted molar refractivity (Wildman–Crippen MR) is 240 cm³/mol. The molecule has 16 nitrogen and oxygen atoms in total. The van der Waals surface area contributed by atoms with Crippen LogP contribution in [0.4, 0.5) is 9.59 Å². The lowest BCUT2D eigenvalue weighted by Gasteiger charge is -2.26. The lowest BCUT2D eigenvalue weighted by Crippen LogP contribution is -2.47. The fourth-order valence-corrected chi connectivity index (χ4v) is 6.67. The van der Waals surface area contributed by atoms with Crippen molar-refractivity contribution in [2.75, 3.05) is 13.1 Å². The minimum atomic E-state index is -2.93. The Morgan fingerprint density at radius 3 is 1.90 bits per heavy atom. The number of aryl methyl sites for hydroxylation is 2. The fraction of sp³-hybridized carbons (Fsp3) is 0.468. The van der Waals surface area contributed by atoms with E-state index in [4.69, 9.17) is 32.2 Å². The zero-order chi connectivity index (χ0) is 50.1. The molecule has 3 aromatic rings. The van der Waals surface area contributed by atoms with E-state index in [1.54, 1.807) is 95.3 Å². The highest BCUT2D eigenvalue weighted by molar-refractivity contribution is 5.95. The molecule has 63 heavy (non-hydrogen) atoms. The average Bonchev–Trinajstić information content (AvgIpc) is 3.23. The van der Waals surface area contributed by atoms with E-state index >= 15 is 0 Å². The number of ether oxygens (including phenoxy) is 2. The molecule has 0 bridgehead atoms. The molecule has 0 unspecified atom stereocenters. The normalized spacial score (nSPS) is 14.4. The Morgan fingerprint density at radius 2 is 1.33 bits per heavy atom. The molecule has 0 aromatic heterocycles. The van der Waals surface area contributed by atoms with Crippen LogP contribution in [0.2, 0.25) is 0 Å². The lowest BCUT2D eigenvalue weighted by molar-refractivity contribution is -0.134. The summed E-state index contributed by atoms with van der Waals surface area (Å²) in [6, 6.07) is 17.4. The monoisotopic (exact) mass is 876 g/mol. The Morgan fingerprint density at radius 1 is 0.762 bits per heavy atom. The van der Waals surface area contributed by atoms with Gasteiger partial charge in [0, 0.05) is 43.3 Å². The molecule has 16 heteroatoms. The van der Waals surface area contributed by atoms with Gasteiger partial charge in [-0.2, -0.15) is 0 Å². The molecule has 0 aliphatic carbocycles. The molecule has 3 aromatic carbocycles. The number of rotatable bonds is 25. The van der Waals surface area contributed by atoms with Crippen LogP contribution < -0.4 is 33.2 Å². The van der Waals surface area contributed by atoms with Crippen molar-refractivity contribution in [3.63, 3.8) is 0 Å². The van der Waals surface area contributed by atoms with Gasteiger partial charge in [-0.05, 0) is 119 Å². The molecule has 0 radical (unpaired) electrons. The summed E-state index contributed by atoms with van der Waals surface area (Å²) in [4.78, 5) is 85.7. The van der Waals surface area contributed by atoms with Crippen LogP contribution in [0.15, 0.2) is 77.8 Å². The fourth-order valence-electron chi connectivity index (χ4n) is 6.67. The van der Waals surface area contributed by atoms with Gasteiger partial charge < -0.3 is 47.7 Å². The van der Waals surface area contributed by atoms with Crippen molar-refractivity contribution in [2.45, 2.75) is 117 Å². The first-order valence-electron chi connectivity index (χ1n) is 22.7. The van der Waals surface area contributed by atoms with Crippen LogP contribution in [0, 0.1) is 25.7 Å². The van der Waals surface area contributed by atoms with E-state index in [1.807, 2.05) is 0 Å². The molecule has 0 fully saturated rings. The summed E-state index contributed by atoms with van der Waals surface area (Å²) >= 11 is 0. The number of hydrogen-bond donors (Lipinski definition) is 7. The number of hydrogen-bond acceptors (Lipinski definition) is 10. The van der Waals surface area contributed by atoms with Gasteiger partial charge in [0.15, 0.2) is 17.5 Å². The molecule has 10 N–H and O–H groups in total. The predicted octanol–water partition coefficient (Wildman–Crippen LogP) is 4.96. The van der Waals surface area contributed by atoms with Crippen molar-refractivity contribution >= 4 is 41.5 Å². The van der Waals surface area contributed by atoms with Crippen LogP contribution in [-0.2, 0) is 48.1 Å². The van der Waals surface area contributed by atoms with E-state index in [9.17, 15) is 33.9 Å². The van der Waals surface area contributed by atoms with Crippen molar-refractivity contribution in [3.05, 3.63) is 101 Å². The Bertz CT molecular complexity index is 2180. The molecule has 4 atom stereocenters. The quantitative estimate of drug-likeness (QED) is 0.0340. The first-order valence-corrected chi connectivity index (χ1v) is 20.7. The summed E-state index contributed by atoms with van der Waals surface area (Å²) in [7, 11) is 0. The van der Waals surface area contributed by atoms with Crippen molar-refractivity contribution < 1.29 is 48.8 Å². The van der Waals surface area contributed by atoms with Crippen LogP contribution in [0.1, 0.15) is 98.9 Å². The number of phenolic OH excluding ortho intramolecular Hbond substituents is 1.